The van der Waals surface area contributed by atoms with Gasteiger partial charge in [0, 0.05) is 23.8 Å². The maximum Gasteiger partial charge on any atom is 0.342 e. The summed E-state index contributed by atoms with van der Waals surface area (Å²) in [7, 11) is 4.64. The largest absolute Gasteiger partial charge is 0.493 e. The predicted octanol–water partition coefficient (Wildman–Crippen LogP) is 6.80. The highest BCUT2D eigenvalue weighted by atomic mass is 32.2. The van der Waals surface area contributed by atoms with Crippen molar-refractivity contribution in [3.05, 3.63) is 111 Å². The summed E-state index contributed by atoms with van der Waals surface area (Å²) in [4.78, 5) is 39.5. The maximum absolute atomic E-state index is 13.7. The maximum atomic E-state index is 13.7. The molecule has 0 radical (unpaired) electrons. The standard InChI is InChI=1S/C35H32O8S/c1-21(36)42-28-13-9-8-12-25(28)35(38)43-29-16-14-23-18-30(39-2)33(40-3)34(41-4)32(23)24-15-17-31(27(37)19-26(24)29)44-20-22-10-6-5-7-11-22/h5-13,15,17-19,29H,14,16,20H2,1-4H3/t29-/m1/s1. The molecule has 0 aliphatic heterocycles. The van der Waals surface area contributed by atoms with Crippen LogP contribution in [0.5, 0.6) is 23.0 Å². The second-order valence-corrected chi connectivity index (χ2v) is 11.1. The van der Waals surface area contributed by atoms with Crippen LogP contribution in [-0.2, 0) is 21.7 Å². The normalized spacial score (nSPS) is 13.5. The molecule has 0 aromatic heterocycles. The number of hydrogen-bond donors (Lipinski definition) is 0. The molecule has 4 aromatic carbocycles. The molecule has 0 spiro atoms. The first-order chi connectivity index (χ1) is 21.3. The van der Waals surface area contributed by atoms with E-state index in [2.05, 4.69) is 0 Å². The van der Waals surface area contributed by atoms with Crippen molar-refractivity contribution in [2.45, 2.75) is 36.5 Å². The summed E-state index contributed by atoms with van der Waals surface area (Å²) in [6, 6.07) is 23.4. The lowest BCUT2D eigenvalue weighted by molar-refractivity contribution is -0.131. The monoisotopic (exact) mass is 612 g/mol. The van der Waals surface area contributed by atoms with Crippen LogP contribution in [0.1, 0.15) is 46.5 Å². The molecule has 44 heavy (non-hydrogen) atoms. The van der Waals surface area contributed by atoms with Gasteiger partial charge in [0.1, 0.15) is 17.4 Å². The van der Waals surface area contributed by atoms with Gasteiger partial charge in [0.05, 0.1) is 26.2 Å². The second-order valence-electron chi connectivity index (χ2n) is 10.1. The van der Waals surface area contributed by atoms with Crippen molar-refractivity contribution >= 4 is 23.7 Å². The van der Waals surface area contributed by atoms with Gasteiger partial charge in [-0.3, -0.25) is 9.59 Å². The molecule has 9 heteroatoms. The number of carbonyl (C=O) groups is 2. The third kappa shape index (κ3) is 6.43. The Kier molecular flexibility index (Phi) is 9.55. The first-order valence-electron chi connectivity index (χ1n) is 14.0. The Hall–Kier alpha value is -4.76. The number of fused-ring (bicyclic) bond motifs is 3. The van der Waals surface area contributed by atoms with Crippen LogP contribution in [-0.4, -0.2) is 33.3 Å². The van der Waals surface area contributed by atoms with Crippen LogP contribution in [0.2, 0.25) is 0 Å². The molecule has 1 atom stereocenters. The fourth-order valence-corrected chi connectivity index (χ4v) is 6.19. The molecule has 0 heterocycles. The van der Waals surface area contributed by atoms with Gasteiger partial charge in [-0.1, -0.05) is 48.5 Å². The van der Waals surface area contributed by atoms with Crippen LogP contribution in [0.3, 0.4) is 0 Å². The highest BCUT2D eigenvalue weighted by molar-refractivity contribution is 7.98. The number of thioether (sulfide) groups is 1. The number of benzene rings is 3. The van der Waals surface area contributed by atoms with E-state index in [9.17, 15) is 14.4 Å². The van der Waals surface area contributed by atoms with Crippen molar-refractivity contribution in [3.8, 4) is 34.1 Å². The third-order valence-electron chi connectivity index (χ3n) is 7.29. The van der Waals surface area contributed by atoms with E-state index in [0.717, 1.165) is 16.7 Å². The molecule has 0 fully saturated rings. The molecular weight excluding hydrogens is 580 g/mol. The number of aryl methyl sites for hydroxylation is 1. The zero-order chi connectivity index (χ0) is 31.2. The van der Waals surface area contributed by atoms with Gasteiger partial charge >= 0.3 is 11.9 Å². The van der Waals surface area contributed by atoms with E-state index >= 15 is 0 Å². The Balaban J connectivity index is 1.64. The second kappa shape index (κ2) is 13.7. The zero-order valence-electron chi connectivity index (χ0n) is 24.9. The summed E-state index contributed by atoms with van der Waals surface area (Å²) < 4.78 is 28.6. The van der Waals surface area contributed by atoms with E-state index in [1.165, 1.54) is 37.9 Å². The van der Waals surface area contributed by atoms with Crippen molar-refractivity contribution in [2.75, 3.05) is 21.3 Å². The minimum Gasteiger partial charge on any atom is -0.493 e. The number of methoxy groups -OCH3 is 3. The smallest absolute Gasteiger partial charge is 0.342 e. The molecule has 1 aliphatic carbocycles. The Bertz CT molecular complexity index is 1750. The molecule has 0 unspecified atom stereocenters. The van der Waals surface area contributed by atoms with Crippen molar-refractivity contribution in [3.63, 3.8) is 0 Å². The van der Waals surface area contributed by atoms with Crippen LogP contribution < -0.4 is 24.4 Å². The summed E-state index contributed by atoms with van der Waals surface area (Å²) in [5, 5.41) is 0. The molecule has 1 aliphatic rings. The Morgan fingerprint density at radius 3 is 2.27 bits per heavy atom. The number of rotatable bonds is 9. The lowest BCUT2D eigenvalue weighted by atomic mass is 9.96. The Morgan fingerprint density at radius 2 is 1.57 bits per heavy atom. The molecule has 0 saturated heterocycles. The number of ether oxygens (including phenoxy) is 5. The van der Waals surface area contributed by atoms with Crippen molar-refractivity contribution in [1.82, 2.24) is 0 Å². The van der Waals surface area contributed by atoms with Gasteiger partial charge in [0.2, 0.25) is 5.75 Å². The van der Waals surface area contributed by atoms with Gasteiger partial charge < -0.3 is 23.7 Å². The fraction of sp³-hybridized carbons (Fsp3) is 0.229. The van der Waals surface area contributed by atoms with Crippen molar-refractivity contribution < 1.29 is 33.3 Å². The van der Waals surface area contributed by atoms with Crippen LogP contribution in [0.25, 0.3) is 11.1 Å². The fourth-order valence-electron chi connectivity index (χ4n) is 5.31. The summed E-state index contributed by atoms with van der Waals surface area (Å²) >= 11 is 1.44. The third-order valence-corrected chi connectivity index (χ3v) is 8.42. The van der Waals surface area contributed by atoms with E-state index in [1.54, 1.807) is 38.5 Å². The summed E-state index contributed by atoms with van der Waals surface area (Å²) in [5.41, 5.74) is 3.82. The minimum absolute atomic E-state index is 0.0982. The number of carbonyl (C=O) groups excluding carboxylic acids is 2. The molecule has 0 saturated carbocycles. The van der Waals surface area contributed by atoms with Crippen molar-refractivity contribution in [2.24, 2.45) is 0 Å². The van der Waals surface area contributed by atoms with Crippen LogP contribution in [0.15, 0.2) is 88.6 Å². The molecule has 0 amide bonds. The van der Waals surface area contributed by atoms with E-state index in [0.29, 0.717) is 51.9 Å². The first-order valence-corrected chi connectivity index (χ1v) is 15.0. The van der Waals surface area contributed by atoms with E-state index < -0.39 is 18.0 Å². The highest BCUT2D eigenvalue weighted by Crippen LogP contribution is 2.50. The van der Waals surface area contributed by atoms with Gasteiger partial charge in [-0.2, -0.15) is 0 Å². The number of hydrogen-bond acceptors (Lipinski definition) is 9. The van der Waals surface area contributed by atoms with E-state index in [-0.39, 0.29) is 16.7 Å². The average Bonchev–Trinajstić information content (AvgIpc) is 3.27. The summed E-state index contributed by atoms with van der Waals surface area (Å²) in [6.07, 6.45) is 0.0532. The molecule has 4 aromatic rings. The molecule has 0 bridgehead atoms. The SMILES string of the molecule is COc1cc2c(c(OC)c1OC)-c1ccc(SCc3ccccc3)c(=O)cc1[C@H](OC(=O)c1ccccc1OC(C)=O)CC2. The van der Waals surface area contributed by atoms with Crippen LogP contribution in [0.4, 0.5) is 0 Å². The number of esters is 2. The zero-order valence-corrected chi connectivity index (χ0v) is 25.7. The molecule has 0 N–H and O–H groups in total. The van der Waals surface area contributed by atoms with Crippen LogP contribution >= 0.6 is 11.8 Å². The van der Waals surface area contributed by atoms with Gasteiger partial charge in [-0.15, -0.1) is 11.8 Å². The lowest BCUT2D eigenvalue weighted by Crippen LogP contribution is -2.15. The Labute approximate surface area is 259 Å². The van der Waals surface area contributed by atoms with Gasteiger partial charge in [-0.25, -0.2) is 4.79 Å². The van der Waals surface area contributed by atoms with Gasteiger partial charge in [0.15, 0.2) is 16.9 Å². The van der Waals surface area contributed by atoms with Gasteiger partial charge in [-0.05, 0) is 59.9 Å². The van der Waals surface area contributed by atoms with E-state index in [4.69, 9.17) is 23.7 Å². The van der Waals surface area contributed by atoms with Crippen LogP contribution in [0, 0.1) is 0 Å². The van der Waals surface area contributed by atoms with Crippen molar-refractivity contribution in [1.29, 1.82) is 0 Å². The predicted molar refractivity (Wildman–Crippen MR) is 168 cm³/mol. The quantitative estimate of drug-likeness (QED) is 0.115. The summed E-state index contributed by atoms with van der Waals surface area (Å²) in [6.45, 7) is 1.26. The molecule has 5 rings (SSSR count). The van der Waals surface area contributed by atoms with E-state index in [1.807, 2.05) is 42.5 Å². The Morgan fingerprint density at radius 1 is 0.841 bits per heavy atom. The molecular formula is C35H32O8S. The summed E-state index contributed by atoms with van der Waals surface area (Å²) in [5.74, 6) is 0.842. The highest BCUT2D eigenvalue weighted by Gasteiger charge is 2.31. The first kappa shape index (κ1) is 30.7. The lowest BCUT2D eigenvalue weighted by Gasteiger charge is -2.20. The molecule has 8 nitrogen and oxygen atoms in total. The topological polar surface area (TPSA) is 97.4 Å². The average molecular weight is 613 g/mol. The number of para-hydroxylation sites is 1. The minimum atomic E-state index is -0.802. The molecule has 226 valence electrons. The van der Waals surface area contributed by atoms with Gasteiger partial charge in [0.25, 0.3) is 0 Å².